The van der Waals surface area contributed by atoms with Crippen LogP contribution in [0.4, 0.5) is 42.5 Å². The Kier molecular flexibility index (Phi) is 7.67. The van der Waals surface area contributed by atoms with Crippen LogP contribution >= 0.6 is 11.6 Å². The summed E-state index contributed by atoms with van der Waals surface area (Å²) < 4.78 is 38.8. The summed E-state index contributed by atoms with van der Waals surface area (Å²) >= 11 is 6.34. The molecule has 0 amide bonds. The average Bonchev–Trinajstić information content (AvgIpc) is 2.82. The minimum Gasteiger partial charge on any atom is -0.354 e. The van der Waals surface area contributed by atoms with E-state index in [2.05, 4.69) is 61.1 Å². The van der Waals surface area contributed by atoms with Crippen molar-refractivity contribution in [1.29, 1.82) is 0 Å². The second-order valence-electron chi connectivity index (χ2n) is 9.05. The molecular weight excluding hydrogens is 493 g/mol. The third-order valence-electron chi connectivity index (χ3n) is 5.68. The maximum atomic E-state index is 12.9. The second kappa shape index (κ2) is 10.7. The summed E-state index contributed by atoms with van der Waals surface area (Å²) in [4.78, 5) is 22.3. The lowest BCUT2D eigenvalue weighted by molar-refractivity contribution is -0.137. The molecule has 1 saturated heterocycles. The number of pyridine rings is 1. The number of hydrogen-bond acceptors (Lipinski definition) is 8. The summed E-state index contributed by atoms with van der Waals surface area (Å²) in [6.07, 6.45) is -2.68. The number of halogens is 4. The van der Waals surface area contributed by atoms with Crippen LogP contribution in [0.25, 0.3) is 0 Å². The van der Waals surface area contributed by atoms with Gasteiger partial charge in [-0.2, -0.15) is 28.1 Å². The first-order valence-electron chi connectivity index (χ1n) is 11.7. The fourth-order valence-electron chi connectivity index (χ4n) is 3.85. The number of rotatable bonds is 7. The van der Waals surface area contributed by atoms with Crippen molar-refractivity contribution in [3.8, 4) is 0 Å². The fraction of sp³-hybridized carbons (Fsp3) is 0.417. The first-order valence-corrected chi connectivity index (χ1v) is 12.0. The zero-order valence-corrected chi connectivity index (χ0v) is 21.0. The first-order chi connectivity index (χ1) is 17.1. The number of hydrogen-bond donors (Lipinski definition) is 2. The number of anilines is 5. The standard InChI is InChI=1S/C24H28ClF3N8/c1-15(2)13-30-21-32-22(31-18-8-6-17(7-9-18)24(26,27)28)34-23(33-21)36-12-11-35(14-16(36)3)20-19(25)5-4-10-29-20/h4-10,15-16H,11-14H2,1-3H3,(H2,30,31,32,33,34). The Morgan fingerprint density at radius 3 is 2.42 bits per heavy atom. The third kappa shape index (κ3) is 6.26. The Hall–Kier alpha value is -3.34. The van der Waals surface area contributed by atoms with Gasteiger partial charge in [0.2, 0.25) is 17.8 Å². The van der Waals surface area contributed by atoms with Gasteiger partial charge in [0.1, 0.15) is 5.82 Å². The quantitative estimate of drug-likeness (QED) is 0.425. The smallest absolute Gasteiger partial charge is 0.354 e. The molecule has 1 aliphatic rings. The predicted molar refractivity (Wildman–Crippen MR) is 136 cm³/mol. The highest BCUT2D eigenvalue weighted by atomic mass is 35.5. The largest absolute Gasteiger partial charge is 0.416 e. The fourth-order valence-corrected chi connectivity index (χ4v) is 4.09. The Morgan fingerprint density at radius 1 is 1.06 bits per heavy atom. The molecule has 4 rings (SSSR count). The highest BCUT2D eigenvalue weighted by molar-refractivity contribution is 6.32. The van der Waals surface area contributed by atoms with E-state index in [0.717, 1.165) is 18.0 Å². The molecule has 1 aliphatic heterocycles. The van der Waals surface area contributed by atoms with Crippen LogP contribution in [0.1, 0.15) is 26.3 Å². The zero-order chi connectivity index (χ0) is 25.9. The zero-order valence-electron chi connectivity index (χ0n) is 20.2. The topological polar surface area (TPSA) is 82.1 Å². The lowest BCUT2D eigenvalue weighted by atomic mass is 10.2. The molecule has 1 aromatic carbocycles. The van der Waals surface area contributed by atoms with Crippen molar-refractivity contribution in [1.82, 2.24) is 19.9 Å². The van der Waals surface area contributed by atoms with E-state index in [-0.39, 0.29) is 12.0 Å². The third-order valence-corrected chi connectivity index (χ3v) is 5.98. The Morgan fingerprint density at radius 2 is 1.78 bits per heavy atom. The molecule has 2 aromatic heterocycles. The van der Waals surface area contributed by atoms with Gasteiger partial charge in [0.15, 0.2) is 0 Å². The average molecular weight is 521 g/mol. The number of benzene rings is 1. The first kappa shape index (κ1) is 25.7. The van der Waals surface area contributed by atoms with Crippen molar-refractivity contribution in [3.63, 3.8) is 0 Å². The SMILES string of the molecule is CC(C)CNc1nc(Nc2ccc(C(F)(F)F)cc2)nc(N2CCN(c3ncccc3Cl)CC2C)n1. The molecule has 0 bridgehead atoms. The van der Waals surface area contributed by atoms with Gasteiger partial charge in [-0.3, -0.25) is 0 Å². The number of nitrogens with zero attached hydrogens (tertiary/aromatic N) is 6. The van der Waals surface area contributed by atoms with E-state index in [0.29, 0.717) is 54.7 Å². The van der Waals surface area contributed by atoms with E-state index in [1.165, 1.54) is 12.1 Å². The van der Waals surface area contributed by atoms with Gasteiger partial charge in [-0.05, 0) is 49.2 Å². The van der Waals surface area contributed by atoms with E-state index in [4.69, 9.17) is 11.6 Å². The summed E-state index contributed by atoms with van der Waals surface area (Å²) in [5.41, 5.74) is -0.277. The van der Waals surface area contributed by atoms with Crippen molar-refractivity contribution in [3.05, 3.63) is 53.2 Å². The molecule has 3 aromatic rings. The van der Waals surface area contributed by atoms with Crippen molar-refractivity contribution in [2.24, 2.45) is 5.92 Å². The minimum absolute atomic E-state index is 0.0380. The van der Waals surface area contributed by atoms with Crippen molar-refractivity contribution in [2.75, 3.05) is 46.6 Å². The predicted octanol–water partition coefficient (Wildman–Crippen LogP) is 5.47. The van der Waals surface area contributed by atoms with E-state index in [1.807, 2.05) is 6.07 Å². The van der Waals surface area contributed by atoms with Gasteiger partial charge in [-0.15, -0.1) is 0 Å². The van der Waals surface area contributed by atoms with Crippen LogP contribution < -0.4 is 20.4 Å². The van der Waals surface area contributed by atoms with Gasteiger partial charge in [-0.25, -0.2) is 4.98 Å². The Bertz CT molecular complexity index is 1170. The molecule has 0 radical (unpaired) electrons. The van der Waals surface area contributed by atoms with E-state index in [1.54, 1.807) is 12.3 Å². The van der Waals surface area contributed by atoms with Crippen LogP contribution in [-0.2, 0) is 6.18 Å². The van der Waals surface area contributed by atoms with Gasteiger partial charge >= 0.3 is 6.18 Å². The molecule has 0 spiro atoms. The van der Waals surface area contributed by atoms with E-state index < -0.39 is 11.7 Å². The van der Waals surface area contributed by atoms with Crippen molar-refractivity contribution >= 4 is 41.0 Å². The van der Waals surface area contributed by atoms with Crippen molar-refractivity contribution < 1.29 is 13.2 Å². The maximum Gasteiger partial charge on any atom is 0.416 e. The highest BCUT2D eigenvalue weighted by Crippen LogP contribution is 2.31. The van der Waals surface area contributed by atoms with Gasteiger partial charge < -0.3 is 20.4 Å². The van der Waals surface area contributed by atoms with Crippen LogP contribution in [0, 0.1) is 5.92 Å². The van der Waals surface area contributed by atoms with Gasteiger partial charge in [0.25, 0.3) is 0 Å². The van der Waals surface area contributed by atoms with E-state index in [9.17, 15) is 13.2 Å². The summed E-state index contributed by atoms with van der Waals surface area (Å²) in [6.45, 7) is 8.83. The lowest BCUT2D eigenvalue weighted by Gasteiger charge is -2.40. The van der Waals surface area contributed by atoms with Gasteiger partial charge in [0.05, 0.1) is 10.6 Å². The summed E-state index contributed by atoms with van der Waals surface area (Å²) in [6, 6.07) is 8.40. The maximum absolute atomic E-state index is 12.9. The molecule has 3 heterocycles. The van der Waals surface area contributed by atoms with Crippen LogP contribution in [0.15, 0.2) is 42.6 Å². The molecule has 2 N–H and O–H groups in total. The Labute approximate surface area is 212 Å². The number of piperazine rings is 1. The molecule has 1 unspecified atom stereocenters. The van der Waals surface area contributed by atoms with Crippen LogP contribution in [0.5, 0.6) is 0 Å². The van der Waals surface area contributed by atoms with Crippen LogP contribution in [-0.4, -0.2) is 52.2 Å². The van der Waals surface area contributed by atoms with Gasteiger partial charge in [0, 0.05) is 44.1 Å². The summed E-state index contributed by atoms with van der Waals surface area (Å²) in [7, 11) is 0. The normalized spacial score (nSPS) is 16.4. The minimum atomic E-state index is -4.40. The molecule has 12 heteroatoms. The molecule has 192 valence electrons. The monoisotopic (exact) mass is 520 g/mol. The number of nitrogens with one attached hydrogen (secondary N) is 2. The summed E-state index contributed by atoms with van der Waals surface area (Å²) in [5, 5.41) is 6.83. The number of aromatic nitrogens is 4. The molecule has 1 fully saturated rings. The Balaban J connectivity index is 1.56. The van der Waals surface area contributed by atoms with Crippen LogP contribution in [0.2, 0.25) is 5.02 Å². The molecule has 36 heavy (non-hydrogen) atoms. The van der Waals surface area contributed by atoms with Gasteiger partial charge in [-0.1, -0.05) is 25.4 Å². The highest BCUT2D eigenvalue weighted by Gasteiger charge is 2.30. The molecule has 8 nitrogen and oxygen atoms in total. The summed E-state index contributed by atoms with van der Waals surface area (Å²) in [5.74, 6) is 2.22. The van der Waals surface area contributed by atoms with Crippen LogP contribution in [0.3, 0.4) is 0 Å². The molecule has 1 atom stereocenters. The van der Waals surface area contributed by atoms with E-state index >= 15 is 0 Å². The molecule has 0 saturated carbocycles. The molecular formula is C24H28ClF3N8. The second-order valence-corrected chi connectivity index (χ2v) is 9.46. The lowest BCUT2D eigenvalue weighted by Crippen LogP contribution is -2.53. The van der Waals surface area contributed by atoms with Crippen molar-refractivity contribution in [2.45, 2.75) is 33.0 Å². The number of alkyl halides is 3. The molecule has 0 aliphatic carbocycles.